The standard InChI is InChI=1S/C19H23NO/c1-2-13-21-18-11-7-15(8-12-18)14-17-10-9-16-5-3-4-6-19(16)20-17/h3-8,11-12,17,20H,2,9-10,13-14H2,1H3. The summed E-state index contributed by atoms with van der Waals surface area (Å²) in [5.41, 5.74) is 4.12. The number of hydrogen-bond donors (Lipinski definition) is 1. The van der Waals surface area contributed by atoms with Gasteiger partial charge in [0.05, 0.1) is 6.61 Å². The average molecular weight is 281 g/mol. The Morgan fingerprint density at radius 1 is 1.10 bits per heavy atom. The Morgan fingerprint density at radius 2 is 1.90 bits per heavy atom. The molecular weight excluding hydrogens is 258 g/mol. The molecule has 1 aliphatic heterocycles. The zero-order chi connectivity index (χ0) is 14.5. The molecule has 0 fully saturated rings. The van der Waals surface area contributed by atoms with Crippen LogP contribution in [0, 0.1) is 0 Å². The smallest absolute Gasteiger partial charge is 0.119 e. The minimum absolute atomic E-state index is 0.530. The molecule has 1 N–H and O–H groups in total. The minimum Gasteiger partial charge on any atom is -0.494 e. The summed E-state index contributed by atoms with van der Waals surface area (Å²) in [4.78, 5) is 0. The van der Waals surface area contributed by atoms with Gasteiger partial charge in [0.2, 0.25) is 0 Å². The monoisotopic (exact) mass is 281 g/mol. The van der Waals surface area contributed by atoms with Crippen LogP contribution in [0.1, 0.15) is 30.9 Å². The van der Waals surface area contributed by atoms with Gasteiger partial charge in [-0.05, 0) is 55.0 Å². The molecule has 0 aliphatic carbocycles. The molecule has 110 valence electrons. The summed E-state index contributed by atoms with van der Waals surface area (Å²) >= 11 is 0. The summed E-state index contributed by atoms with van der Waals surface area (Å²) in [7, 11) is 0. The topological polar surface area (TPSA) is 21.3 Å². The highest BCUT2D eigenvalue weighted by atomic mass is 16.5. The predicted molar refractivity (Wildman–Crippen MR) is 88.1 cm³/mol. The zero-order valence-electron chi connectivity index (χ0n) is 12.6. The minimum atomic E-state index is 0.530. The third-order valence-corrected chi connectivity index (χ3v) is 4.02. The molecule has 0 aromatic heterocycles. The number of ether oxygens (including phenoxy) is 1. The van der Waals surface area contributed by atoms with E-state index in [1.165, 1.54) is 29.7 Å². The summed E-state index contributed by atoms with van der Waals surface area (Å²) < 4.78 is 5.63. The van der Waals surface area contributed by atoms with Crippen molar-refractivity contribution in [2.75, 3.05) is 11.9 Å². The van der Waals surface area contributed by atoms with E-state index in [4.69, 9.17) is 4.74 Å². The summed E-state index contributed by atoms with van der Waals surface area (Å²) in [6.07, 6.45) is 4.49. The molecule has 2 aromatic rings. The van der Waals surface area contributed by atoms with Crippen LogP contribution in [0.5, 0.6) is 5.75 Å². The highest BCUT2D eigenvalue weighted by Crippen LogP contribution is 2.26. The average Bonchev–Trinajstić information content (AvgIpc) is 2.54. The van der Waals surface area contributed by atoms with Crippen LogP contribution in [0.2, 0.25) is 0 Å². The van der Waals surface area contributed by atoms with Crippen molar-refractivity contribution in [3.05, 3.63) is 59.7 Å². The summed E-state index contributed by atoms with van der Waals surface area (Å²) in [6, 6.07) is 17.7. The van der Waals surface area contributed by atoms with Crippen LogP contribution in [0.4, 0.5) is 5.69 Å². The van der Waals surface area contributed by atoms with Crippen LogP contribution >= 0.6 is 0 Å². The molecule has 0 amide bonds. The number of anilines is 1. The summed E-state index contributed by atoms with van der Waals surface area (Å²) in [5, 5.41) is 3.66. The SMILES string of the molecule is CCCOc1ccc(CC2CCc3ccccc3N2)cc1. The van der Waals surface area contributed by atoms with Crippen LogP contribution in [0.25, 0.3) is 0 Å². The van der Waals surface area contributed by atoms with E-state index in [2.05, 4.69) is 60.8 Å². The normalized spacial score (nSPS) is 16.9. The maximum absolute atomic E-state index is 5.63. The Bertz CT molecular complexity index is 576. The molecule has 0 saturated carbocycles. The fourth-order valence-corrected chi connectivity index (χ4v) is 2.88. The molecule has 2 heteroatoms. The van der Waals surface area contributed by atoms with Gasteiger partial charge in [-0.1, -0.05) is 37.3 Å². The molecule has 1 heterocycles. The highest BCUT2D eigenvalue weighted by molar-refractivity contribution is 5.54. The van der Waals surface area contributed by atoms with Crippen molar-refractivity contribution in [1.29, 1.82) is 0 Å². The van der Waals surface area contributed by atoms with Crippen molar-refractivity contribution in [2.45, 2.75) is 38.6 Å². The van der Waals surface area contributed by atoms with Crippen LogP contribution in [0.3, 0.4) is 0 Å². The number of hydrogen-bond acceptors (Lipinski definition) is 2. The molecule has 2 nitrogen and oxygen atoms in total. The molecule has 0 spiro atoms. The van der Waals surface area contributed by atoms with Gasteiger partial charge in [-0.2, -0.15) is 0 Å². The van der Waals surface area contributed by atoms with Gasteiger partial charge in [0.15, 0.2) is 0 Å². The number of benzene rings is 2. The first-order valence-corrected chi connectivity index (χ1v) is 7.91. The second-order valence-electron chi connectivity index (χ2n) is 5.73. The van der Waals surface area contributed by atoms with E-state index < -0.39 is 0 Å². The van der Waals surface area contributed by atoms with E-state index in [0.29, 0.717) is 6.04 Å². The lowest BCUT2D eigenvalue weighted by Gasteiger charge is -2.27. The highest BCUT2D eigenvalue weighted by Gasteiger charge is 2.17. The quantitative estimate of drug-likeness (QED) is 0.874. The molecule has 1 unspecified atom stereocenters. The maximum atomic E-state index is 5.63. The van der Waals surface area contributed by atoms with Crippen LogP contribution < -0.4 is 10.1 Å². The van der Waals surface area contributed by atoms with E-state index in [1.54, 1.807) is 0 Å². The van der Waals surface area contributed by atoms with Crippen molar-refractivity contribution in [3.63, 3.8) is 0 Å². The van der Waals surface area contributed by atoms with E-state index in [0.717, 1.165) is 25.2 Å². The Kier molecular flexibility index (Phi) is 4.44. The van der Waals surface area contributed by atoms with Gasteiger partial charge < -0.3 is 10.1 Å². The largest absolute Gasteiger partial charge is 0.494 e. The zero-order valence-corrected chi connectivity index (χ0v) is 12.6. The van der Waals surface area contributed by atoms with Crippen molar-refractivity contribution < 1.29 is 4.74 Å². The lowest BCUT2D eigenvalue weighted by molar-refractivity contribution is 0.317. The van der Waals surface area contributed by atoms with Crippen molar-refractivity contribution in [1.82, 2.24) is 0 Å². The molecular formula is C19H23NO. The van der Waals surface area contributed by atoms with E-state index in [1.807, 2.05) is 0 Å². The van der Waals surface area contributed by atoms with E-state index in [9.17, 15) is 0 Å². The van der Waals surface area contributed by atoms with E-state index >= 15 is 0 Å². The molecule has 1 atom stereocenters. The number of nitrogens with one attached hydrogen (secondary N) is 1. The fraction of sp³-hybridized carbons (Fsp3) is 0.368. The first-order chi connectivity index (χ1) is 10.3. The first kappa shape index (κ1) is 14.0. The van der Waals surface area contributed by atoms with Gasteiger partial charge in [-0.25, -0.2) is 0 Å². The van der Waals surface area contributed by atoms with Gasteiger partial charge in [-0.15, -0.1) is 0 Å². The van der Waals surface area contributed by atoms with Crippen LogP contribution in [-0.4, -0.2) is 12.6 Å². The van der Waals surface area contributed by atoms with Crippen molar-refractivity contribution in [2.24, 2.45) is 0 Å². The molecule has 0 saturated heterocycles. The third-order valence-electron chi connectivity index (χ3n) is 4.02. The lowest BCUT2D eigenvalue weighted by Crippen LogP contribution is -2.27. The second-order valence-corrected chi connectivity index (χ2v) is 5.73. The maximum Gasteiger partial charge on any atom is 0.119 e. The summed E-state index contributed by atoms with van der Waals surface area (Å²) in [5.74, 6) is 0.975. The second kappa shape index (κ2) is 6.66. The number of para-hydroxylation sites is 1. The molecule has 2 aromatic carbocycles. The van der Waals surface area contributed by atoms with Gasteiger partial charge in [-0.3, -0.25) is 0 Å². The Balaban J connectivity index is 1.60. The Hall–Kier alpha value is -1.96. The lowest BCUT2D eigenvalue weighted by atomic mass is 9.94. The van der Waals surface area contributed by atoms with Gasteiger partial charge >= 0.3 is 0 Å². The first-order valence-electron chi connectivity index (χ1n) is 7.91. The number of aryl methyl sites for hydroxylation is 1. The van der Waals surface area contributed by atoms with Crippen LogP contribution in [-0.2, 0) is 12.8 Å². The summed E-state index contributed by atoms with van der Waals surface area (Å²) in [6.45, 7) is 2.92. The Morgan fingerprint density at radius 3 is 2.71 bits per heavy atom. The molecule has 21 heavy (non-hydrogen) atoms. The van der Waals surface area contributed by atoms with Crippen LogP contribution in [0.15, 0.2) is 48.5 Å². The molecule has 1 aliphatic rings. The molecule has 3 rings (SSSR count). The van der Waals surface area contributed by atoms with Crippen molar-refractivity contribution in [3.8, 4) is 5.75 Å². The van der Waals surface area contributed by atoms with E-state index in [-0.39, 0.29) is 0 Å². The fourth-order valence-electron chi connectivity index (χ4n) is 2.88. The number of rotatable bonds is 5. The Labute approximate surface area is 127 Å². The van der Waals surface area contributed by atoms with Gasteiger partial charge in [0.25, 0.3) is 0 Å². The predicted octanol–water partition coefficient (Wildman–Crippen LogP) is 4.44. The van der Waals surface area contributed by atoms with Gasteiger partial charge in [0, 0.05) is 11.7 Å². The number of fused-ring (bicyclic) bond motifs is 1. The molecule has 0 bridgehead atoms. The molecule has 0 radical (unpaired) electrons. The third kappa shape index (κ3) is 3.57. The van der Waals surface area contributed by atoms with Crippen molar-refractivity contribution >= 4 is 5.69 Å². The van der Waals surface area contributed by atoms with Gasteiger partial charge in [0.1, 0.15) is 5.75 Å².